The van der Waals surface area contributed by atoms with E-state index in [0.717, 1.165) is 11.1 Å². The molecule has 4 amide bonds. The molecule has 0 aliphatic rings. The zero-order valence-electron chi connectivity index (χ0n) is 34.9. The number of anilines is 4. The number of nitrogens with one attached hydrogen (secondary N) is 4. The Balaban J connectivity index is 0.885. The van der Waals surface area contributed by atoms with Gasteiger partial charge in [0.2, 0.25) is 0 Å². The number of aryl methyl sites for hydroxylation is 2. The van der Waals surface area contributed by atoms with Crippen LogP contribution in [0.3, 0.4) is 0 Å². The van der Waals surface area contributed by atoms with Crippen LogP contribution in [0.15, 0.2) is 180 Å². The fraction of sp³-hybridized carbons (Fsp3) is 0.0417. The van der Waals surface area contributed by atoms with Crippen molar-refractivity contribution in [3.8, 4) is 23.0 Å². The van der Waals surface area contributed by atoms with Crippen molar-refractivity contribution in [2.45, 2.75) is 23.6 Å². The summed E-state index contributed by atoms with van der Waals surface area (Å²) in [5.41, 5.74) is 3.02. The number of benzene rings is 7. The van der Waals surface area contributed by atoms with Gasteiger partial charge in [-0.1, -0.05) is 59.7 Å². The van der Waals surface area contributed by atoms with Gasteiger partial charge in [0.15, 0.2) is 0 Å². The molecule has 0 fully saturated rings. The molecule has 0 atom stereocenters. The Labute approximate surface area is 379 Å². The summed E-state index contributed by atoms with van der Waals surface area (Å²) in [5.74, 6) is -1.32. The minimum Gasteiger partial charge on any atom is -0.423 e. The summed E-state index contributed by atoms with van der Waals surface area (Å²) in [6.07, 6.45) is 0. The van der Waals surface area contributed by atoms with E-state index < -0.39 is 44.2 Å². The highest BCUT2D eigenvalue weighted by Crippen LogP contribution is 2.26. The van der Waals surface area contributed by atoms with Gasteiger partial charge in [-0.15, -0.1) is 0 Å². The second-order valence-electron chi connectivity index (χ2n) is 14.3. The van der Waals surface area contributed by atoms with Crippen LogP contribution < -0.4 is 39.1 Å². The van der Waals surface area contributed by atoms with Crippen LogP contribution in [0.2, 0.25) is 0 Å². The molecule has 4 N–H and O–H groups in total. The van der Waals surface area contributed by atoms with Gasteiger partial charge in [0.05, 0.1) is 11.1 Å². The Hall–Kier alpha value is -8.48. The minimum absolute atomic E-state index is 0.0137. The highest BCUT2D eigenvalue weighted by atomic mass is 32.2. The van der Waals surface area contributed by atoms with E-state index in [2.05, 4.69) is 21.3 Å². The molecule has 0 unspecified atom stereocenters. The molecule has 0 saturated carbocycles. The Morgan fingerprint density at radius 2 is 0.667 bits per heavy atom. The van der Waals surface area contributed by atoms with Crippen molar-refractivity contribution in [3.63, 3.8) is 0 Å². The third-order valence-corrected chi connectivity index (χ3v) is 11.7. The Morgan fingerprint density at radius 3 is 0.985 bits per heavy atom. The first-order chi connectivity index (χ1) is 31.6. The van der Waals surface area contributed by atoms with Gasteiger partial charge < -0.3 is 39.1 Å². The number of esters is 2. The SMILES string of the molecule is Cc1ccc(S(=O)(=O)Oc2cccc(NC(=O)Nc3cccc(OC(=O)c4ccc(C(=O)Oc5cccc(NC(=O)Nc6cccc(OS(=O)(=O)c7ccc(C)cc7)c6)c5)cc4)c3)c2)cc1. The van der Waals surface area contributed by atoms with Crippen molar-refractivity contribution >= 4 is 67.0 Å². The van der Waals surface area contributed by atoms with Gasteiger partial charge in [-0.25, -0.2) is 19.2 Å². The average Bonchev–Trinajstić information content (AvgIpc) is 3.27. The monoisotopic (exact) mass is 926 g/mol. The van der Waals surface area contributed by atoms with Gasteiger partial charge in [-0.2, -0.15) is 16.8 Å². The van der Waals surface area contributed by atoms with Crippen LogP contribution in [0.25, 0.3) is 0 Å². The maximum Gasteiger partial charge on any atom is 0.343 e. The summed E-state index contributed by atoms with van der Waals surface area (Å²) in [6, 6.07) is 40.3. The van der Waals surface area contributed by atoms with Crippen molar-refractivity contribution in [1.29, 1.82) is 0 Å². The molecule has 66 heavy (non-hydrogen) atoms. The molecular weight excluding hydrogens is 889 g/mol. The first kappa shape index (κ1) is 45.5. The third kappa shape index (κ3) is 12.4. The summed E-state index contributed by atoms with van der Waals surface area (Å²) in [6.45, 7) is 3.66. The average molecular weight is 927 g/mol. The predicted molar refractivity (Wildman–Crippen MR) is 245 cm³/mol. The topological polar surface area (TPSA) is 222 Å². The Bertz CT molecular complexity index is 2950. The molecule has 7 aromatic rings. The van der Waals surface area contributed by atoms with Crippen LogP contribution in [0.4, 0.5) is 32.3 Å². The molecule has 7 rings (SSSR count). The first-order valence-corrected chi connectivity index (χ1v) is 22.5. The zero-order valence-corrected chi connectivity index (χ0v) is 36.5. The molecule has 0 aromatic heterocycles. The van der Waals surface area contributed by atoms with Gasteiger partial charge in [-0.3, -0.25) is 0 Å². The van der Waals surface area contributed by atoms with E-state index in [-0.39, 0.29) is 66.7 Å². The second kappa shape index (κ2) is 19.9. The molecule has 334 valence electrons. The van der Waals surface area contributed by atoms with E-state index in [9.17, 15) is 36.0 Å². The van der Waals surface area contributed by atoms with Crippen molar-refractivity contribution < 1.29 is 53.9 Å². The number of hydrogen-bond acceptors (Lipinski definition) is 12. The molecule has 16 nitrogen and oxygen atoms in total. The maximum absolute atomic E-state index is 13.0. The lowest BCUT2D eigenvalue weighted by atomic mass is 10.1. The smallest absolute Gasteiger partial charge is 0.343 e. The van der Waals surface area contributed by atoms with Crippen molar-refractivity contribution in [3.05, 3.63) is 192 Å². The lowest BCUT2D eigenvalue weighted by Gasteiger charge is -2.11. The molecule has 0 saturated heterocycles. The third-order valence-electron chi connectivity index (χ3n) is 9.18. The second-order valence-corrected chi connectivity index (χ2v) is 17.4. The number of ether oxygens (including phenoxy) is 2. The largest absolute Gasteiger partial charge is 0.423 e. The summed E-state index contributed by atoms with van der Waals surface area (Å²) in [7, 11) is -8.23. The van der Waals surface area contributed by atoms with E-state index in [0.29, 0.717) is 0 Å². The maximum atomic E-state index is 13.0. The van der Waals surface area contributed by atoms with Crippen LogP contribution in [-0.2, 0) is 20.2 Å². The number of amides is 4. The number of carbonyl (C=O) groups is 4. The van der Waals surface area contributed by atoms with Crippen LogP contribution in [0, 0.1) is 13.8 Å². The van der Waals surface area contributed by atoms with Crippen LogP contribution in [-0.4, -0.2) is 40.8 Å². The lowest BCUT2D eigenvalue weighted by Crippen LogP contribution is -2.19. The van der Waals surface area contributed by atoms with Gasteiger partial charge in [0, 0.05) is 47.0 Å². The fourth-order valence-electron chi connectivity index (χ4n) is 5.95. The molecule has 0 aliphatic carbocycles. The molecular formula is C48H38N4O12S2. The number of urea groups is 2. The zero-order chi connectivity index (χ0) is 46.8. The van der Waals surface area contributed by atoms with E-state index in [1.807, 2.05) is 13.8 Å². The number of hydrogen-bond donors (Lipinski definition) is 4. The summed E-state index contributed by atoms with van der Waals surface area (Å²) >= 11 is 0. The van der Waals surface area contributed by atoms with Crippen LogP contribution in [0.5, 0.6) is 23.0 Å². The fourth-order valence-corrected chi connectivity index (χ4v) is 7.79. The van der Waals surface area contributed by atoms with E-state index in [1.165, 1.54) is 109 Å². The highest BCUT2D eigenvalue weighted by molar-refractivity contribution is 7.87. The van der Waals surface area contributed by atoms with E-state index in [1.54, 1.807) is 60.7 Å². The van der Waals surface area contributed by atoms with Crippen molar-refractivity contribution in [1.82, 2.24) is 0 Å². The normalized spacial score (nSPS) is 11.1. The minimum atomic E-state index is -4.11. The van der Waals surface area contributed by atoms with Crippen molar-refractivity contribution in [2.75, 3.05) is 21.3 Å². The molecule has 0 bridgehead atoms. The van der Waals surface area contributed by atoms with Gasteiger partial charge in [0.1, 0.15) is 32.8 Å². The van der Waals surface area contributed by atoms with E-state index >= 15 is 0 Å². The Morgan fingerprint density at radius 1 is 0.379 bits per heavy atom. The molecule has 18 heteroatoms. The molecule has 7 aromatic carbocycles. The predicted octanol–water partition coefficient (Wildman–Crippen LogP) is 9.57. The number of carbonyl (C=O) groups excluding carboxylic acids is 4. The van der Waals surface area contributed by atoms with Gasteiger partial charge in [0.25, 0.3) is 0 Å². The summed E-state index contributed by atoms with van der Waals surface area (Å²) in [5, 5.41) is 10.4. The molecule has 0 aliphatic heterocycles. The Kier molecular flexibility index (Phi) is 13.7. The first-order valence-electron chi connectivity index (χ1n) is 19.7. The lowest BCUT2D eigenvalue weighted by molar-refractivity contribution is 0.0720. The quantitative estimate of drug-likeness (QED) is 0.0455. The summed E-state index contributed by atoms with van der Waals surface area (Å²) < 4.78 is 72.4. The molecule has 0 spiro atoms. The standard InChI is InChI=1S/C48H38N4O12S2/c1-31-15-23-43(24-16-31)65(57,58)63-41-13-5-9-37(29-41)51-47(55)49-35-7-3-11-39(27-35)61-45(53)33-19-21-34(22-20-33)46(54)62-40-12-4-8-36(28-40)50-48(56)52-38-10-6-14-42(30-38)64-66(59,60)44-25-17-32(2)18-26-44/h3-30H,1-2H3,(H2,49,51,55)(H2,50,52,56). The molecule has 0 radical (unpaired) electrons. The molecule has 0 heterocycles. The highest BCUT2D eigenvalue weighted by Gasteiger charge is 2.19. The summed E-state index contributed by atoms with van der Waals surface area (Å²) in [4.78, 5) is 51.6. The van der Waals surface area contributed by atoms with Gasteiger partial charge >= 0.3 is 44.2 Å². The van der Waals surface area contributed by atoms with Gasteiger partial charge in [-0.05, 0) is 111 Å². The van der Waals surface area contributed by atoms with Crippen LogP contribution in [0.1, 0.15) is 31.8 Å². The van der Waals surface area contributed by atoms with E-state index in [4.69, 9.17) is 17.8 Å². The van der Waals surface area contributed by atoms with Crippen LogP contribution >= 0.6 is 0 Å². The number of rotatable bonds is 14. The van der Waals surface area contributed by atoms with Crippen molar-refractivity contribution in [2.24, 2.45) is 0 Å².